The van der Waals surface area contributed by atoms with Gasteiger partial charge in [-0.3, -0.25) is 0 Å². The minimum Gasteiger partial charge on any atom is -0.462 e. The van der Waals surface area contributed by atoms with Crippen LogP contribution in [0.1, 0.15) is 39.4 Å². The number of thiophene rings is 1. The molecule has 100 valence electrons. The molecule has 0 atom stereocenters. The molecule has 1 aromatic rings. The summed E-state index contributed by atoms with van der Waals surface area (Å²) in [5, 5.41) is 3.72. The Hall–Kier alpha value is -1.56. The number of carbonyl (C=O) groups excluding carboxylic acids is 2. The first-order valence-electron chi connectivity index (χ1n) is 5.72. The fourth-order valence-electron chi connectivity index (χ4n) is 1.54. The average Bonchev–Trinajstić information content (AvgIpc) is 2.67. The van der Waals surface area contributed by atoms with Gasteiger partial charge in [0.15, 0.2) is 0 Å². The van der Waals surface area contributed by atoms with E-state index in [9.17, 15) is 9.59 Å². The lowest BCUT2D eigenvalue weighted by atomic mass is 10.1. The van der Waals surface area contributed by atoms with Crippen LogP contribution < -0.4 is 5.32 Å². The van der Waals surface area contributed by atoms with Crippen LogP contribution >= 0.6 is 11.3 Å². The predicted molar refractivity (Wildman–Crippen MR) is 70.5 cm³/mol. The Balaban J connectivity index is 3.23. The van der Waals surface area contributed by atoms with Crippen LogP contribution in [0, 0.1) is 6.92 Å². The highest BCUT2D eigenvalue weighted by atomic mass is 32.1. The molecular weight excluding hydrogens is 254 g/mol. The predicted octanol–water partition coefficient (Wildman–Crippen LogP) is 2.45. The molecule has 18 heavy (non-hydrogen) atoms. The molecule has 0 amide bonds. The summed E-state index contributed by atoms with van der Waals surface area (Å²) in [5.41, 5.74) is 1.01. The van der Waals surface area contributed by atoms with Crippen LogP contribution in [0.3, 0.4) is 0 Å². The van der Waals surface area contributed by atoms with Gasteiger partial charge in [0, 0.05) is 7.05 Å². The first-order valence-corrected chi connectivity index (χ1v) is 6.53. The maximum atomic E-state index is 11.9. The Bertz CT molecular complexity index is 453. The highest BCUT2D eigenvalue weighted by Gasteiger charge is 2.26. The molecule has 0 aliphatic heterocycles. The van der Waals surface area contributed by atoms with Crippen LogP contribution in [0.2, 0.25) is 0 Å². The minimum absolute atomic E-state index is 0.269. The molecule has 1 N–H and O–H groups in total. The highest BCUT2D eigenvalue weighted by molar-refractivity contribution is 7.18. The van der Waals surface area contributed by atoms with Crippen molar-refractivity contribution in [2.24, 2.45) is 0 Å². The molecular formula is C12H17NO4S. The van der Waals surface area contributed by atoms with Gasteiger partial charge in [-0.25, -0.2) is 9.59 Å². The summed E-state index contributed by atoms with van der Waals surface area (Å²) in [6.07, 6.45) is 0. The first kappa shape index (κ1) is 14.5. The maximum absolute atomic E-state index is 11.9. The summed E-state index contributed by atoms with van der Waals surface area (Å²) in [5.74, 6) is -0.981. The van der Waals surface area contributed by atoms with E-state index in [4.69, 9.17) is 9.47 Å². The Morgan fingerprint density at radius 2 is 1.72 bits per heavy atom. The lowest BCUT2D eigenvalue weighted by Gasteiger charge is -2.04. The average molecular weight is 271 g/mol. The molecule has 0 unspecified atom stereocenters. The normalized spacial score (nSPS) is 10.0. The van der Waals surface area contributed by atoms with E-state index in [0.29, 0.717) is 11.1 Å². The number of ether oxygens (including phenoxy) is 2. The summed E-state index contributed by atoms with van der Waals surface area (Å²) in [6, 6.07) is 0. The summed E-state index contributed by atoms with van der Waals surface area (Å²) in [4.78, 5) is 24.0. The van der Waals surface area contributed by atoms with Crippen molar-refractivity contribution in [1.29, 1.82) is 0 Å². The smallest absolute Gasteiger partial charge is 0.349 e. The second kappa shape index (κ2) is 6.39. The summed E-state index contributed by atoms with van der Waals surface area (Å²) < 4.78 is 9.91. The van der Waals surface area contributed by atoms with Gasteiger partial charge in [-0.2, -0.15) is 0 Å². The molecule has 0 aliphatic carbocycles. The van der Waals surface area contributed by atoms with E-state index < -0.39 is 11.9 Å². The van der Waals surface area contributed by atoms with Gasteiger partial charge in [0.1, 0.15) is 4.88 Å². The number of hydrogen-bond acceptors (Lipinski definition) is 6. The molecule has 0 spiro atoms. The van der Waals surface area contributed by atoms with E-state index >= 15 is 0 Å². The van der Waals surface area contributed by atoms with Gasteiger partial charge in [-0.05, 0) is 26.3 Å². The minimum atomic E-state index is -0.491. The zero-order valence-corrected chi connectivity index (χ0v) is 11.8. The topological polar surface area (TPSA) is 64.6 Å². The number of esters is 2. The number of nitrogens with one attached hydrogen (secondary N) is 1. The highest BCUT2D eigenvalue weighted by Crippen LogP contribution is 2.33. The van der Waals surface area contributed by atoms with Gasteiger partial charge in [-0.15, -0.1) is 11.3 Å². The Kier molecular flexibility index (Phi) is 5.15. The Labute approximate surface area is 110 Å². The van der Waals surface area contributed by atoms with Crippen LogP contribution in [-0.4, -0.2) is 32.2 Å². The molecule has 1 heterocycles. The van der Waals surface area contributed by atoms with Gasteiger partial charge < -0.3 is 14.8 Å². The molecule has 0 saturated heterocycles. The van der Waals surface area contributed by atoms with E-state index in [-0.39, 0.29) is 18.1 Å². The van der Waals surface area contributed by atoms with Crippen molar-refractivity contribution in [3.8, 4) is 0 Å². The molecule has 0 bridgehead atoms. The number of carbonyl (C=O) groups is 2. The van der Waals surface area contributed by atoms with Crippen LogP contribution in [-0.2, 0) is 9.47 Å². The third-order valence-corrected chi connectivity index (χ3v) is 3.60. The molecule has 0 aromatic carbocycles. The van der Waals surface area contributed by atoms with Crippen molar-refractivity contribution in [3.63, 3.8) is 0 Å². The third-order valence-electron chi connectivity index (χ3n) is 2.31. The SMILES string of the molecule is CCOC(=O)c1sc(NC)c(C)c1C(=O)OCC. The fourth-order valence-corrected chi connectivity index (χ4v) is 2.58. The first-order chi connectivity index (χ1) is 8.56. The molecule has 0 aliphatic rings. The van der Waals surface area contributed by atoms with Gasteiger partial charge >= 0.3 is 11.9 Å². The van der Waals surface area contributed by atoms with Gasteiger partial charge in [0.25, 0.3) is 0 Å². The van der Waals surface area contributed by atoms with E-state index in [0.717, 1.165) is 5.00 Å². The van der Waals surface area contributed by atoms with Gasteiger partial charge in [-0.1, -0.05) is 0 Å². The molecule has 1 aromatic heterocycles. The van der Waals surface area contributed by atoms with Crippen molar-refractivity contribution in [1.82, 2.24) is 0 Å². The number of hydrogen-bond donors (Lipinski definition) is 1. The van der Waals surface area contributed by atoms with Crippen LogP contribution in [0.25, 0.3) is 0 Å². The van der Waals surface area contributed by atoms with Gasteiger partial charge in [0.05, 0.1) is 23.8 Å². The lowest BCUT2D eigenvalue weighted by Crippen LogP contribution is -2.12. The van der Waals surface area contributed by atoms with Crippen LogP contribution in [0.4, 0.5) is 5.00 Å². The zero-order valence-electron chi connectivity index (χ0n) is 11.0. The molecule has 0 saturated carbocycles. The fraction of sp³-hybridized carbons (Fsp3) is 0.500. The van der Waals surface area contributed by atoms with Gasteiger partial charge in [0.2, 0.25) is 0 Å². The summed E-state index contributed by atoms with van der Waals surface area (Å²) in [7, 11) is 1.74. The monoisotopic (exact) mass is 271 g/mol. The second-order valence-electron chi connectivity index (χ2n) is 3.45. The van der Waals surface area contributed by atoms with Crippen molar-refractivity contribution >= 4 is 28.3 Å². The number of anilines is 1. The molecule has 0 fully saturated rings. The van der Waals surface area contributed by atoms with E-state index in [2.05, 4.69) is 5.32 Å². The van der Waals surface area contributed by atoms with Crippen molar-refractivity contribution in [2.75, 3.05) is 25.6 Å². The molecule has 6 heteroatoms. The summed E-state index contributed by atoms with van der Waals surface area (Å²) in [6.45, 7) is 5.76. The quantitative estimate of drug-likeness (QED) is 0.833. The van der Waals surface area contributed by atoms with E-state index in [1.807, 2.05) is 0 Å². The summed E-state index contributed by atoms with van der Waals surface area (Å²) >= 11 is 1.20. The Morgan fingerprint density at radius 3 is 2.22 bits per heavy atom. The number of rotatable bonds is 5. The van der Waals surface area contributed by atoms with Crippen molar-refractivity contribution in [2.45, 2.75) is 20.8 Å². The molecule has 5 nitrogen and oxygen atoms in total. The Morgan fingerprint density at radius 1 is 1.17 bits per heavy atom. The zero-order chi connectivity index (χ0) is 13.7. The van der Waals surface area contributed by atoms with Crippen molar-refractivity contribution < 1.29 is 19.1 Å². The van der Waals surface area contributed by atoms with Crippen molar-refractivity contribution in [3.05, 3.63) is 16.0 Å². The van der Waals surface area contributed by atoms with Crippen LogP contribution in [0.15, 0.2) is 0 Å². The second-order valence-corrected chi connectivity index (χ2v) is 4.47. The molecule has 1 rings (SSSR count). The van der Waals surface area contributed by atoms with E-state index in [1.165, 1.54) is 11.3 Å². The third kappa shape index (κ3) is 2.81. The lowest BCUT2D eigenvalue weighted by molar-refractivity contribution is 0.0483. The standard InChI is InChI=1S/C12H17NO4S/c1-5-16-11(14)8-7(3)10(13-4)18-9(8)12(15)17-6-2/h13H,5-6H2,1-4H3. The van der Waals surface area contributed by atoms with Crippen LogP contribution in [0.5, 0.6) is 0 Å². The largest absolute Gasteiger partial charge is 0.462 e. The maximum Gasteiger partial charge on any atom is 0.349 e. The van der Waals surface area contributed by atoms with E-state index in [1.54, 1.807) is 27.8 Å². The molecule has 0 radical (unpaired) electrons.